The molecule has 0 aliphatic heterocycles. The predicted octanol–water partition coefficient (Wildman–Crippen LogP) is 1.41. The molecule has 0 aliphatic rings. The van der Waals surface area contributed by atoms with Crippen LogP contribution in [-0.2, 0) is 4.57 Å². The molecule has 2 rings (SSSR count). The zero-order valence-electron chi connectivity index (χ0n) is 10.6. The first kappa shape index (κ1) is 15.9. The molecular weight excluding hydrogens is 277 g/mol. The number of carbonyl (C=O) groups is 1. The molecule has 0 amide bonds. The normalized spacial score (nSPS) is 11.1. The standard InChI is InChI=1S/C13H12N2O.H4NO2P/c14-11-7-6-10(8-12(11)15)13(16)9-4-2-1-3-5-9;1-4(2)3/h1-8H,14-15H2;4H,(H3,1,2,3). The zero-order valence-corrected chi connectivity index (χ0v) is 11.6. The van der Waals surface area contributed by atoms with E-state index in [1.54, 1.807) is 30.3 Å². The number of hydrogen-bond acceptors (Lipinski definition) is 4. The van der Waals surface area contributed by atoms with E-state index in [4.69, 9.17) is 20.9 Å². The highest BCUT2D eigenvalue weighted by Gasteiger charge is 2.09. The van der Waals surface area contributed by atoms with Crippen LogP contribution in [0.2, 0.25) is 0 Å². The molecule has 1 atom stereocenters. The summed E-state index contributed by atoms with van der Waals surface area (Å²) in [6.07, 6.45) is 0. The number of anilines is 2. The Morgan fingerprint density at radius 3 is 2.00 bits per heavy atom. The van der Waals surface area contributed by atoms with Gasteiger partial charge in [0.1, 0.15) is 0 Å². The van der Waals surface area contributed by atoms with E-state index in [0.717, 1.165) is 0 Å². The molecule has 0 saturated carbocycles. The lowest BCUT2D eigenvalue weighted by atomic mass is 10.0. The maximum atomic E-state index is 12.0. The molecule has 7 N–H and O–H groups in total. The molecule has 6 nitrogen and oxygen atoms in total. The second kappa shape index (κ2) is 7.45. The molecule has 0 fully saturated rings. The third kappa shape index (κ3) is 4.85. The van der Waals surface area contributed by atoms with Crippen LogP contribution in [0.25, 0.3) is 0 Å². The van der Waals surface area contributed by atoms with Crippen LogP contribution in [0.3, 0.4) is 0 Å². The van der Waals surface area contributed by atoms with Gasteiger partial charge in [0.15, 0.2) is 5.78 Å². The second-order valence-electron chi connectivity index (χ2n) is 3.88. The number of ketones is 1. The van der Waals surface area contributed by atoms with Crippen molar-refractivity contribution in [2.45, 2.75) is 0 Å². The van der Waals surface area contributed by atoms with E-state index in [-0.39, 0.29) is 5.78 Å². The van der Waals surface area contributed by atoms with E-state index in [2.05, 4.69) is 5.50 Å². The predicted molar refractivity (Wildman–Crippen MR) is 80.5 cm³/mol. The molecule has 20 heavy (non-hydrogen) atoms. The first-order valence-corrected chi connectivity index (χ1v) is 7.08. The van der Waals surface area contributed by atoms with Crippen molar-refractivity contribution < 1.29 is 14.3 Å². The van der Waals surface area contributed by atoms with Crippen LogP contribution in [0, 0.1) is 0 Å². The van der Waals surface area contributed by atoms with Crippen molar-refractivity contribution in [3.05, 3.63) is 59.7 Å². The van der Waals surface area contributed by atoms with Crippen LogP contribution in [-0.4, -0.2) is 10.7 Å². The van der Waals surface area contributed by atoms with Gasteiger partial charge < -0.3 is 16.4 Å². The average Bonchev–Trinajstić information content (AvgIpc) is 2.41. The van der Waals surface area contributed by atoms with Crippen molar-refractivity contribution in [3.8, 4) is 0 Å². The number of nitrogen functional groups attached to an aromatic ring is 2. The van der Waals surface area contributed by atoms with Gasteiger partial charge in [-0.2, -0.15) is 0 Å². The summed E-state index contributed by atoms with van der Waals surface area (Å²) in [4.78, 5) is 19.4. The van der Waals surface area contributed by atoms with E-state index < -0.39 is 8.18 Å². The number of hydrogen-bond donors (Lipinski definition) is 4. The van der Waals surface area contributed by atoms with Gasteiger partial charge in [0, 0.05) is 11.1 Å². The van der Waals surface area contributed by atoms with Crippen LogP contribution in [0.4, 0.5) is 11.4 Å². The van der Waals surface area contributed by atoms with Crippen LogP contribution in [0.1, 0.15) is 15.9 Å². The number of benzene rings is 2. The van der Waals surface area contributed by atoms with Crippen LogP contribution in [0.5, 0.6) is 0 Å². The summed E-state index contributed by atoms with van der Waals surface area (Å²) in [5.41, 5.74) is 17.6. The Morgan fingerprint density at radius 2 is 1.50 bits per heavy atom. The third-order valence-corrected chi connectivity index (χ3v) is 2.38. The summed E-state index contributed by atoms with van der Waals surface area (Å²) in [7, 11) is -2.63. The largest absolute Gasteiger partial charge is 0.397 e. The summed E-state index contributed by atoms with van der Waals surface area (Å²) in [6.45, 7) is 0. The first-order chi connectivity index (χ1) is 9.41. The fraction of sp³-hybridized carbons (Fsp3) is 0. The molecule has 0 heterocycles. The lowest BCUT2D eigenvalue weighted by molar-refractivity contribution is 0.103. The zero-order chi connectivity index (χ0) is 15.1. The van der Waals surface area contributed by atoms with E-state index >= 15 is 0 Å². The Hall–Kier alpha value is -2.14. The molecule has 0 bridgehead atoms. The Balaban J connectivity index is 0.000000444. The Labute approximate surface area is 117 Å². The summed E-state index contributed by atoms with van der Waals surface area (Å²) < 4.78 is 8.96. The van der Waals surface area contributed by atoms with Gasteiger partial charge in [0.25, 0.3) is 8.18 Å². The number of rotatable bonds is 2. The van der Waals surface area contributed by atoms with Crippen LogP contribution < -0.4 is 17.0 Å². The first-order valence-electron chi connectivity index (χ1n) is 5.65. The molecule has 2 aromatic carbocycles. The smallest absolute Gasteiger partial charge is 0.253 e. The van der Waals surface area contributed by atoms with Gasteiger partial charge in [0.2, 0.25) is 0 Å². The summed E-state index contributed by atoms with van der Waals surface area (Å²) in [6, 6.07) is 14.0. The molecular formula is C13H16N3O3P. The minimum Gasteiger partial charge on any atom is -0.397 e. The molecule has 0 spiro atoms. The summed E-state index contributed by atoms with van der Waals surface area (Å²) in [5, 5.41) is 0. The van der Waals surface area contributed by atoms with Gasteiger partial charge in [-0.3, -0.25) is 14.9 Å². The van der Waals surface area contributed by atoms with Gasteiger partial charge in [-0.1, -0.05) is 30.3 Å². The monoisotopic (exact) mass is 293 g/mol. The highest BCUT2D eigenvalue weighted by molar-refractivity contribution is 7.35. The number of carbonyl (C=O) groups excluding carboxylic acids is 1. The Bertz CT molecular complexity index is 614. The van der Waals surface area contributed by atoms with Crippen molar-refractivity contribution in [2.75, 3.05) is 11.5 Å². The fourth-order valence-corrected chi connectivity index (χ4v) is 1.47. The Morgan fingerprint density at radius 1 is 0.950 bits per heavy atom. The maximum absolute atomic E-state index is 12.0. The topological polar surface area (TPSA) is 132 Å². The molecule has 2 aromatic rings. The highest BCUT2D eigenvalue weighted by Crippen LogP contribution is 2.18. The Kier molecular flexibility index (Phi) is 5.93. The van der Waals surface area contributed by atoms with E-state index in [1.165, 1.54) is 0 Å². The van der Waals surface area contributed by atoms with Gasteiger partial charge in [0.05, 0.1) is 11.4 Å². The van der Waals surface area contributed by atoms with Crippen LogP contribution in [0.15, 0.2) is 48.5 Å². The van der Waals surface area contributed by atoms with Crippen molar-refractivity contribution >= 4 is 25.3 Å². The number of nitrogens with two attached hydrogens (primary N) is 3. The van der Waals surface area contributed by atoms with Gasteiger partial charge in [-0.05, 0) is 18.2 Å². The molecule has 0 radical (unpaired) electrons. The summed E-state index contributed by atoms with van der Waals surface area (Å²) in [5.74, 6) is -0.0488. The van der Waals surface area contributed by atoms with E-state index in [9.17, 15) is 4.79 Å². The lowest BCUT2D eigenvalue weighted by Crippen LogP contribution is -2.03. The van der Waals surface area contributed by atoms with E-state index in [0.29, 0.717) is 22.5 Å². The van der Waals surface area contributed by atoms with Gasteiger partial charge in [-0.15, -0.1) is 0 Å². The van der Waals surface area contributed by atoms with E-state index in [1.807, 2.05) is 18.2 Å². The van der Waals surface area contributed by atoms with Gasteiger partial charge >= 0.3 is 0 Å². The second-order valence-corrected chi connectivity index (χ2v) is 4.55. The molecule has 0 aromatic heterocycles. The SMILES string of the molecule is N[PH](=O)O.Nc1ccc(C(=O)c2ccccc2)cc1N. The van der Waals surface area contributed by atoms with Crippen molar-refractivity contribution in [1.29, 1.82) is 0 Å². The minimum absolute atomic E-state index is 0.0488. The molecule has 106 valence electrons. The average molecular weight is 293 g/mol. The van der Waals surface area contributed by atoms with Crippen molar-refractivity contribution in [2.24, 2.45) is 5.50 Å². The maximum Gasteiger partial charge on any atom is 0.253 e. The van der Waals surface area contributed by atoms with Crippen molar-refractivity contribution in [1.82, 2.24) is 0 Å². The summed E-state index contributed by atoms with van der Waals surface area (Å²) >= 11 is 0. The minimum atomic E-state index is -2.63. The lowest BCUT2D eigenvalue weighted by Gasteiger charge is -2.04. The molecule has 0 aliphatic carbocycles. The van der Waals surface area contributed by atoms with Gasteiger partial charge in [-0.25, -0.2) is 0 Å². The highest BCUT2D eigenvalue weighted by atomic mass is 31.1. The van der Waals surface area contributed by atoms with Crippen LogP contribution >= 0.6 is 8.18 Å². The molecule has 0 saturated heterocycles. The quantitative estimate of drug-likeness (QED) is 0.376. The third-order valence-electron chi connectivity index (χ3n) is 2.38. The fourth-order valence-electron chi connectivity index (χ4n) is 1.47. The van der Waals surface area contributed by atoms with Crippen molar-refractivity contribution in [3.63, 3.8) is 0 Å². The molecule has 1 unspecified atom stereocenters. The molecule has 7 heteroatoms.